The molecule has 1 aromatic rings. The Bertz CT molecular complexity index is 427. The standard InChI is InChI=1S/C8H4F6INO/c1-3-2-4(15)16-6(17-8(12,13)14)5(3)7(9,10)11/h2H,1H3. The van der Waals surface area contributed by atoms with Crippen LogP contribution >= 0.6 is 22.6 Å². The summed E-state index contributed by atoms with van der Waals surface area (Å²) in [7, 11) is 0. The van der Waals surface area contributed by atoms with Crippen molar-refractivity contribution in [3.63, 3.8) is 0 Å². The molecule has 96 valence electrons. The van der Waals surface area contributed by atoms with Crippen molar-refractivity contribution in [1.29, 1.82) is 0 Å². The van der Waals surface area contributed by atoms with Crippen LogP contribution in [0.4, 0.5) is 26.3 Å². The molecule has 0 saturated carbocycles. The molecular formula is C8H4F6INO. The topological polar surface area (TPSA) is 22.1 Å². The van der Waals surface area contributed by atoms with Gasteiger partial charge in [0.05, 0.1) is 0 Å². The first-order valence-electron chi connectivity index (χ1n) is 4.01. The summed E-state index contributed by atoms with van der Waals surface area (Å²) < 4.78 is 76.7. The fourth-order valence-corrected chi connectivity index (χ4v) is 1.82. The first-order chi connectivity index (χ1) is 7.50. The van der Waals surface area contributed by atoms with Gasteiger partial charge < -0.3 is 4.74 Å². The van der Waals surface area contributed by atoms with Crippen LogP contribution in [0.1, 0.15) is 11.1 Å². The molecule has 0 aliphatic rings. The highest BCUT2D eigenvalue weighted by molar-refractivity contribution is 14.1. The smallest absolute Gasteiger partial charge is 0.387 e. The van der Waals surface area contributed by atoms with Gasteiger partial charge in [0.25, 0.3) is 0 Å². The Morgan fingerprint density at radius 2 is 1.71 bits per heavy atom. The Kier molecular flexibility index (Phi) is 3.79. The molecule has 0 aliphatic heterocycles. The number of ether oxygens (including phenoxy) is 1. The summed E-state index contributed by atoms with van der Waals surface area (Å²) in [4.78, 5) is 3.11. The van der Waals surface area contributed by atoms with Crippen LogP contribution in [0.2, 0.25) is 0 Å². The highest BCUT2D eigenvalue weighted by Crippen LogP contribution is 2.39. The van der Waals surface area contributed by atoms with Crippen LogP contribution in [-0.2, 0) is 6.18 Å². The number of pyridine rings is 1. The van der Waals surface area contributed by atoms with Crippen molar-refractivity contribution in [1.82, 2.24) is 4.98 Å². The molecule has 17 heavy (non-hydrogen) atoms. The Morgan fingerprint density at radius 1 is 1.18 bits per heavy atom. The quantitative estimate of drug-likeness (QED) is 0.424. The van der Waals surface area contributed by atoms with E-state index in [-0.39, 0.29) is 9.26 Å². The SMILES string of the molecule is Cc1cc(I)nc(OC(F)(F)F)c1C(F)(F)F. The first-order valence-corrected chi connectivity index (χ1v) is 5.08. The van der Waals surface area contributed by atoms with Gasteiger partial charge in [-0.3, -0.25) is 0 Å². The molecule has 0 amide bonds. The van der Waals surface area contributed by atoms with E-state index in [1.54, 1.807) is 0 Å². The van der Waals surface area contributed by atoms with E-state index < -0.39 is 24.0 Å². The van der Waals surface area contributed by atoms with Crippen molar-refractivity contribution in [2.24, 2.45) is 0 Å². The minimum absolute atomic E-state index is 0.0210. The molecule has 0 fully saturated rings. The molecule has 1 heterocycles. The molecule has 0 saturated heterocycles. The lowest BCUT2D eigenvalue weighted by atomic mass is 10.1. The van der Waals surface area contributed by atoms with Gasteiger partial charge in [0, 0.05) is 0 Å². The summed E-state index contributed by atoms with van der Waals surface area (Å²) in [6, 6.07) is 1.02. The first kappa shape index (κ1) is 14.3. The van der Waals surface area contributed by atoms with Gasteiger partial charge in [-0.05, 0) is 41.1 Å². The van der Waals surface area contributed by atoms with E-state index in [0.717, 1.165) is 13.0 Å². The summed E-state index contributed by atoms with van der Waals surface area (Å²) in [6.45, 7) is 1.04. The molecule has 0 aliphatic carbocycles. The van der Waals surface area contributed by atoms with Crippen LogP contribution in [0, 0.1) is 10.6 Å². The molecule has 0 spiro atoms. The maximum absolute atomic E-state index is 12.5. The second kappa shape index (κ2) is 4.50. The fourth-order valence-electron chi connectivity index (χ4n) is 1.13. The summed E-state index contributed by atoms with van der Waals surface area (Å²) in [6.07, 6.45) is -10.2. The van der Waals surface area contributed by atoms with Crippen molar-refractivity contribution in [2.75, 3.05) is 0 Å². The maximum atomic E-state index is 12.5. The van der Waals surface area contributed by atoms with Crippen LogP contribution in [0.3, 0.4) is 0 Å². The van der Waals surface area contributed by atoms with Gasteiger partial charge in [-0.1, -0.05) is 0 Å². The van der Waals surface area contributed by atoms with Crippen LogP contribution in [0.15, 0.2) is 6.07 Å². The average molecular weight is 371 g/mol. The van der Waals surface area contributed by atoms with E-state index in [1.165, 1.54) is 22.6 Å². The Balaban J connectivity index is 3.36. The van der Waals surface area contributed by atoms with Crippen molar-refractivity contribution in [3.05, 3.63) is 20.9 Å². The van der Waals surface area contributed by atoms with Crippen molar-refractivity contribution < 1.29 is 31.1 Å². The summed E-state index contributed by atoms with van der Waals surface area (Å²) in [5.41, 5.74) is -1.90. The molecule has 0 N–H and O–H groups in total. The van der Waals surface area contributed by atoms with E-state index in [4.69, 9.17) is 0 Å². The van der Waals surface area contributed by atoms with Gasteiger partial charge in [-0.2, -0.15) is 13.2 Å². The molecule has 0 bridgehead atoms. The maximum Gasteiger partial charge on any atom is 0.574 e. The zero-order valence-corrected chi connectivity index (χ0v) is 10.2. The number of rotatable bonds is 1. The van der Waals surface area contributed by atoms with E-state index in [1.807, 2.05) is 0 Å². The molecule has 1 rings (SSSR count). The number of aryl methyl sites for hydroxylation is 1. The normalized spacial score (nSPS) is 12.7. The van der Waals surface area contributed by atoms with Gasteiger partial charge in [0.15, 0.2) is 0 Å². The van der Waals surface area contributed by atoms with Crippen molar-refractivity contribution in [2.45, 2.75) is 19.5 Å². The van der Waals surface area contributed by atoms with E-state index in [9.17, 15) is 26.3 Å². The Hall–Kier alpha value is -0.740. The average Bonchev–Trinajstić information content (AvgIpc) is 1.94. The van der Waals surface area contributed by atoms with Gasteiger partial charge >= 0.3 is 12.5 Å². The second-order valence-corrected chi connectivity index (χ2v) is 4.09. The number of halogens is 7. The molecule has 0 aromatic carbocycles. The fraction of sp³-hybridized carbons (Fsp3) is 0.375. The largest absolute Gasteiger partial charge is 0.574 e. The van der Waals surface area contributed by atoms with Crippen LogP contribution in [-0.4, -0.2) is 11.3 Å². The predicted octanol–water partition coefficient (Wildman–Crippen LogP) is 3.91. The molecule has 2 nitrogen and oxygen atoms in total. The number of nitrogens with zero attached hydrogens (tertiary/aromatic N) is 1. The number of alkyl halides is 6. The van der Waals surface area contributed by atoms with Crippen LogP contribution in [0.25, 0.3) is 0 Å². The third-order valence-corrected chi connectivity index (χ3v) is 2.20. The number of aromatic nitrogens is 1. The zero-order valence-electron chi connectivity index (χ0n) is 8.08. The van der Waals surface area contributed by atoms with Crippen LogP contribution < -0.4 is 4.74 Å². The number of hydrogen-bond donors (Lipinski definition) is 0. The molecule has 0 radical (unpaired) electrons. The van der Waals surface area contributed by atoms with E-state index >= 15 is 0 Å². The third kappa shape index (κ3) is 3.89. The Labute approximate surface area is 105 Å². The van der Waals surface area contributed by atoms with Gasteiger partial charge in [-0.25, -0.2) is 4.98 Å². The molecule has 0 atom stereocenters. The lowest BCUT2D eigenvalue weighted by Crippen LogP contribution is -2.22. The second-order valence-electron chi connectivity index (χ2n) is 2.99. The lowest BCUT2D eigenvalue weighted by molar-refractivity contribution is -0.278. The van der Waals surface area contributed by atoms with Gasteiger partial charge in [0.1, 0.15) is 9.26 Å². The van der Waals surface area contributed by atoms with Crippen molar-refractivity contribution >= 4 is 22.6 Å². The highest BCUT2D eigenvalue weighted by atomic mass is 127. The van der Waals surface area contributed by atoms with Crippen LogP contribution in [0.5, 0.6) is 5.88 Å². The third-order valence-electron chi connectivity index (χ3n) is 1.65. The van der Waals surface area contributed by atoms with E-state index in [0.29, 0.717) is 0 Å². The lowest BCUT2D eigenvalue weighted by Gasteiger charge is -2.16. The Morgan fingerprint density at radius 3 is 2.12 bits per heavy atom. The van der Waals surface area contributed by atoms with Crippen molar-refractivity contribution in [3.8, 4) is 5.88 Å². The monoisotopic (exact) mass is 371 g/mol. The minimum atomic E-state index is -5.22. The zero-order chi connectivity index (χ0) is 13.4. The molecule has 1 aromatic heterocycles. The summed E-state index contributed by atoms with van der Waals surface area (Å²) in [5.74, 6) is -1.48. The van der Waals surface area contributed by atoms with Gasteiger partial charge in [0.2, 0.25) is 5.88 Å². The summed E-state index contributed by atoms with van der Waals surface area (Å²) in [5, 5.41) is 0. The van der Waals surface area contributed by atoms with Gasteiger partial charge in [-0.15, -0.1) is 13.2 Å². The van der Waals surface area contributed by atoms with E-state index in [2.05, 4.69) is 9.72 Å². The molecular weight excluding hydrogens is 367 g/mol. The molecule has 0 unspecified atom stereocenters. The highest BCUT2D eigenvalue weighted by Gasteiger charge is 2.41. The molecule has 9 heteroatoms. The number of hydrogen-bond acceptors (Lipinski definition) is 2. The minimum Gasteiger partial charge on any atom is -0.387 e. The summed E-state index contributed by atoms with van der Waals surface area (Å²) >= 11 is 1.50. The predicted molar refractivity (Wildman–Crippen MR) is 53.4 cm³/mol.